The lowest BCUT2D eigenvalue weighted by atomic mass is 9.96. The van der Waals surface area contributed by atoms with Crippen LogP contribution in [0.15, 0.2) is 36.4 Å². The Balaban J connectivity index is 1.57. The van der Waals surface area contributed by atoms with Crippen LogP contribution >= 0.6 is 0 Å². The second-order valence-electron chi connectivity index (χ2n) is 6.84. The fourth-order valence-corrected chi connectivity index (χ4v) is 3.60. The molecule has 1 atom stereocenters. The number of aryl methyl sites for hydroxylation is 2. The third-order valence-corrected chi connectivity index (χ3v) is 4.94. The summed E-state index contributed by atoms with van der Waals surface area (Å²) in [5.41, 5.74) is 2.45. The summed E-state index contributed by atoms with van der Waals surface area (Å²) in [6.07, 6.45) is 4.68. The average molecular weight is 352 g/mol. The number of rotatable bonds is 4. The van der Waals surface area contributed by atoms with E-state index in [9.17, 15) is 4.79 Å². The van der Waals surface area contributed by atoms with Gasteiger partial charge in [-0.2, -0.15) is 0 Å². The molecule has 0 radical (unpaired) electrons. The van der Waals surface area contributed by atoms with Crippen molar-refractivity contribution in [3.05, 3.63) is 47.7 Å². The van der Waals surface area contributed by atoms with Gasteiger partial charge in [0.25, 0.3) is 5.91 Å². The highest BCUT2D eigenvalue weighted by Gasteiger charge is 2.32. The quantitative estimate of drug-likeness (QED) is 0.844. The van der Waals surface area contributed by atoms with Crippen LogP contribution in [0.25, 0.3) is 0 Å². The Morgan fingerprint density at radius 1 is 1.15 bits per heavy atom. The van der Waals surface area contributed by atoms with E-state index in [1.807, 2.05) is 30.3 Å². The van der Waals surface area contributed by atoms with E-state index < -0.39 is 6.10 Å². The number of nitrogens with zero attached hydrogens (tertiary/aromatic N) is 2. The van der Waals surface area contributed by atoms with Gasteiger partial charge < -0.3 is 9.47 Å². The first-order valence-corrected chi connectivity index (χ1v) is 9.45. The number of fused-ring (bicyclic) bond motifs is 2. The first kappa shape index (κ1) is 16.9. The number of pyridine rings is 1. The molecule has 2 aliphatic rings. The molecule has 0 fully saturated rings. The zero-order valence-corrected chi connectivity index (χ0v) is 15.1. The minimum absolute atomic E-state index is 0.0930. The Morgan fingerprint density at radius 3 is 2.81 bits per heavy atom. The Morgan fingerprint density at radius 2 is 1.96 bits per heavy atom. The lowest BCUT2D eigenvalue weighted by Crippen LogP contribution is -2.47. The van der Waals surface area contributed by atoms with Crippen molar-refractivity contribution in [1.82, 2.24) is 4.98 Å². The minimum Gasteiger partial charge on any atom is -0.485 e. The van der Waals surface area contributed by atoms with Gasteiger partial charge in [0.1, 0.15) is 12.4 Å². The van der Waals surface area contributed by atoms with Gasteiger partial charge in [-0.25, -0.2) is 4.98 Å². The molecular formula is C21H24N2O3. The third-order valence-electron chi connectivity index (χ3n) is 4.94. The number of hydrogen-bond donors (Lipinski definition) is 0. The van der Waals surface area contributed by atoms with Gasteiger partial charge in [0.2, 0.25) is 6.10 Å². The summed E-state index contributed by atoms with van der Waals surface area (Å²) in [6, 6.07) is 11.5. The molecule has 1 aromatic carbocycles. The zero-order valence-electron chi connectivity index (χ0n) is 15.1. The molecule has 5 nitrogen and oxygen atoms in total. The summed E-state index contributed by atoms with van der Waals surface area (Å²) in [7, 11) is 0. The number of carbonyl (C=O) groups is 1. The van der Waals surface area contributed by atoms with E-state index in [4.69, 9.17) is 14.5 Å². The van der Waals surface area contributed by atoms with Gasteiger partial charge >= 0.3 is 0 Å². The molecule has 2 heterocycles. The first-order chi connectivity index (χ1) is 12.8. The van der Waals surface area contributed by atoms with Crippen molar-refractivity contribution in [3.63, 3.8) is 0 Å². The predicted molar refractivity (Wildman–Crippen MR) is 99.9 cm³/mol. The van der Waals surface area contributed by atoms with E-state index in [0.717, 1.165) is 30.8 Å². The number of benzene rings is 1. The van der Waals surface area contributed by atoms with Crippen LogP contribution < -0.4 is 14.4 Å². The third kappa shape index (κ3) is 3.26. The Bertz CT molecular complexity index is 806. The van der Waals surface area contributed by atoms with Gasteiger partial charge in [0, 0.05) is 12.2 Å². The summed E-state index contributed by atoms with van der Waals surface area (Å²) in [4.78, 5) is 19.7. The molecule has 1 unspecified atom stereocenters. The van der Waals surface area contributed by atoms with E-state index in [1.165, 1.54) is 18.4 Å². The van der Waals surface area contributed by atoms with E-state index in [1.54, 1.807) is 4.90 Å². The number of anilines is 1. The van der Waals surface area contributed by atoms with Crippen molar-refractivity contribution in [2.75, 3.05) is 18.1 Å². The second kappa shape index (κ2) is 7.36. The molecule has 0 saturated carbocycles. The highest BCUT2D eigenvalue weighted by Crippen LogP contribution is 2.32. The van der Waals surface area contributed by atoms with E-state index in [0.29, 0.717) is 18.0 Å². The normalized spacial score (nSPS) is 18.1. The smallest absolute Gasteiger partial charge is 0.272 e. The molecule has 4 rings (SSSR count). The molecule has 1 aromatic heterocycles. The zero-order chi connectivity index (χ0) is 17.9. The summed E-state index contributed by atoms with van der Waals surface area (Å²) in [5, 5.41) is 0. The van der Waals surface area contributed by atoms with Gasteiger partial charge in [-0.15, -0.1) is 0 Å². The van der Waals surface area contributed by atoms with Gasteiger partial charge in [0.05, 0.1) is 0 Å². The second-order valence-corrected chi connectivity index (χ2v) is 6.84. The van der Waals surface area contributed by atoms with Crippen LogP contribution in [0.5, 0.6) is 11.5 Å². The molecule has 136 valence electrons. The van der Waals surface area contributed by atoms with Crippen LogP contribution in [0.2, 0.25) is 0 Å². The largest absolute Gasteiger partial charge is 0.485 e. The van der Waals surface area contributed by atoms with Crippen LogP contribution in [0.4, 0.5) is 5.82 Å². The molecule has 0 N–H and O–H groups in total. The van der Waals surface area contributed by atoms with Crippen LogP contribution in [-0.2, 0) is 17.6 Å². The summed E-state index contributed by atoms with van der Waals surface area (Å²) in [6.45, 7) is 2.90. The molecule has 2 aromatic rings. The Labute approximate surface area is 153 Å². The van der Waals surface area contributed by atoms with Gasteiger partial charge in [0.15, 0.2) is 11.5 Å². The molecule has 1 amide bonds. The molecule has 1 aliphatic carbocycles. The standard InChI is InChI=1S/C21H24N2O3/c1-2-13-23(20-12-11-15-7-3-4-8-16(15)22-20)21(24)19-14-25-17-9-5-6-10-18(17)26-19/h5-6,9-12,19H,2-4,7-8,13-14H2,1H3. The molecule has 0 bridgehead atoms. The van der Waals surface area contributed by atoms with E-state index >= 15 is 0 Å². The molecule has 26 heavy (non-hydrogen) atoms. The molecule has 0 saturated heterocycles. The van der Waals surface area contributed by atoms with Crippen LogP contribution in [0, 0.1) is 0 Å². The van der Waals surface area contributed by atoms with Crippen LogP contribution in [-0.4, -0.2) is 30.1 Å². The number of amides is 1. The number of hydrogen-bond acceptors (Lipinski definition) is 4. The van der Waals surface area contributed by atoms with Crippen molar-refractivity contribution < 1.29 is 14.3 Å². The lowest BCUT2D eigenvalue weighted by Gasteiger charge is -2.30. The maximum atomic E-state index is 13.1. The van der Waals surface area contributed by atoms with Crippen molar-refractivity contribution in [3.8, 4) is 11.5 Å². The Hall–Kier alpha value is -2.56. The average Bonchev–Trinajstić information content (AvgIpc) is 2.71. The lowest BCUT2D eigenvalue weighted by molar-refractivity contribution is -0.127. The number of aromatic nitrogens is 1. The predicted octanol–water partition coefficient (Wildman–Crippen LogP) is 3.54. The molecule has 1 aliphatic heterocycles. The highest BCUT2D eigenvalue weighted by molar-refractivity contribution is 5.96. The van der Waals surface area contributed by atoms with Crippen molar-refractivity contribution >= 4 is 11.7 Å². The summed E-state index contributed by atoms with van der Waals surface area (Å²) < 4.78 is 11.6. The fraction of sp³-hybridized carbons (Fsp3) is 0.429. The topological polar surface area (TPSA) is 51.7 Å². The van der Waals surface area contributed by atoms with Crippen LogP contribution in [0.3, 0.4) is 0 Å². The van der Waals surface area contributed by atoms with Gasteiger partial charge in [-0.3, -0.25) is 9.69 Å². The Kier molecular flexibility index (Phi) is 4.78. The number of carbonyl (C=O) groups excluding carboxylic acids is 1. The first-order valence-electron chi connectivity index (χ1n) is 9.45. The van der Waals surface area contributed by atoms with Crippen LogP contribution in [0.1, 0.15) is 37.4 Å². The van der Waals surface area contributed by atoms with Crippen molar-refractivity contribution in [2.24, 2.45) is 0 Å². The molecular weight excluding hydrogens is 328 g/mol. The fourth-order valence-electron chi connectivity index (χ4n) is 3.60. The molecule has 5 heteroatoms. The van der Waals surface area contributed by atoms with Crippen molar-refractivity contribution in [2.45, 2.75) is 45.1 Å². The summed E-state index contributed by atoms with van der Waals surface area (Å²) >= 11 is 0. The maximum Gasteiger partial charge on any atom is 0.272 e. The van der Waals surface area contributed by atoms with Gasteiger partial charge in [-0.05, 0) is 55.9 Å². The summed E-state index contributed by atoms with van der Waals surface area (Å²) in [5.74, 6) is 1.93. The van der Waals surface area contributed by atoms with E-state index in [2.05, 4.69) is 13.0 Å². The number of ether oxygens (including phenoxy) is 2. The minimum atomic E-state index is -0.644. The van der Waals surface area contributed by atoms with Gasteiger partial charge in [-0.1, -0.05) is 25.1 Å². The monoisotopic (exact) mass is 352 g/mol. The number of para-hydroxylation sites is 2. The highest BCUT2D eigenvalue weighted by atomic mass is 16.6. The molecule has 0 spiro atoms. The maximum absolute atomic E-state index is 13.1. The van der Waals surface area contributed by atoms with Crippen molar-refractivity contribution in [1.29, 1.82) is 0 Å². The SMILES string of the molecule is CCCN(C(=O)C1COc2ccccc2O1)c1ccc2c(n1)CCCC2. The van der Waals surface area contributed by atoms with E-state index in [-0.39, 0.29) is 12.5 Å².